The Morgan fingerprint density at radius 1 is 1.47 bits per heavy atom. The zero-order valence-corrected chi connectivity index (χ0v) is 10.3. The van der Waals surface area contributed by atoms with Crippen molar-refractivity contribution in [3.63, 3.8) is 0 Å². The normalized spacial score (nSPS) is 10.6. The second-order valence-corrected chi connectivity index (χ2v) is 4.08. The number of nitrogens with zero attached hydrogens (tertiary/aromatic N) is 2. The second-order valence-electron chi connectivity index (χ2n) is 3.11. The molecule has 0 amide bonds. The summed E-state index contributed by atoms with van der Waals surface area (Å²) >= 11 is 9.26. The van der Waals surface area contributed by atoms with Gasteiger partial charge in [-0.25, -0.2) is 0 Å². The maximum absolute atomic E-state index is 6.01. The molecule has 0 unspecified atom stereocenters. The van der Waals surface area contributed by atoms with Crippen LogP contribution in [0.15, 0.2) is 22.7 Å². The third-order valence-electron chi connectivity index (χ3n) is 2.01. The molecule has 1 heterocycles. The molecule has 0 bridgehead atoms. The lowest BCUT2D eigenvalue weighted by atomic mass is 10.1. The van der Waals surface area contributed by atoms with E-state index in [-0.39, 0.29) is 0 Å². The number of alkyl halides is 1. The van der Waals surface area contributed by atoms with E-state index in [2.05, 4.69) is 26.1 Å². The minimum absolute atomic E-state index is 0.492. The lowest BCUT2D eigenvalue weighted by Crippen LogP contribution is -1.82. The summed E-state index contributed by atoms with van der Waals surface area (Å²) in [6, 6.07) is 5.66. The number of aromatic nitrogens is 2. The number of aryl methyl sites for hydroxylation is 1. The zero-order chi connectivity index (χ0) is 10.8. The van der Waals surface area contributed by atoms with E-state index in [0.717, 1.165) is 11.1 Å². The van der Waals surface area contributed by atoms with Crippen LogP contribution in [0.1, 0.15) is 11.4 Å². The average Bonchev–Trinajstić information content (AvgIpc) is 2.70. The quantitative estimate of drug-likeness (QED) is 0.792. The molecule has 0 radical (unpaired) electrons. The lowest BCUT2D eigenvalue weighted by Gasteiger charge is -1.98. The van der Waals surface area contributed by atoms with E-state index in [1.54, 1.807) is 0 Å². The van der Waals surface area contributed by atoms with Crippen LogP contribution >= 0.6 is 27.5 Å². The monoisotopic (exact) mass is 286 g/mol. The Hall–Kier alpha value is -0.870. The van der Waals surface area contributed by atoms with Crippen LogP contribution in [0, 0.1) is 6.92 Å². The van der Waals surface area contributed by atoms with Crippen LogP contribution in [0.3, 0.4) is 0 Å². The molecule has 0 aliphatic heterocycles. The Bertz CT molecular complexity index is 484. The van der Waals surface area contributed by atoms with Crippen molar-refractivity contribution >= 4 is 27.5 Å². The van der Waals surface area contributed by atoms with Crippen LogP contribution < -0.4 is 0 Å². The van der Waals surface area contributed by atoms with Crippen molar-refractivity contribution < 1.29 is 4.52 Å². The maximum Gasteiger partial charge on any atom is 0.258 e. The predicted molar refractivity (Wildman–Crippen MR) is 62.1 cm³/mol. The summed E-state index contributed by atoms with van der Waals surface area (Å²) in [6.07, 6.45) is 0. The molecule has 2 rings (SSSR count). The standard InChI is InChI=1S/C10H8BrClN2O/c1-6-2-3-7(4-8(6)12)10-13-9(5-11)14-15-10/h2-4H,5H2,1H3. The number of hydrogen-bond donors (Lipinski definition) is 0. The second kappa shape index (κ2) is 4.33. The van der Waals surface area contributed by atoms with Gasteiger partial charge in [0.15, 0.2) is 5.82 Å². The van der Waals surface area contributed by atoms with Crippen LogP contribution in [0.2, 0.25) is 5.02 Å². The average molecular weight is 288 g/mol. The van der Waals surface area contributed by atoms with Gasteiger partial charge in [-0.1, -0.05) is 38.8 Å². The first kappa shape index (κ1) is 10.6. The molecule has 0 aliphatic carbocycles. The first-order valence-corrected chi connectivity index (χ1v) is 5.85. The van der Waals surface area contributed by atoms with E-state index in [1.165, 1.54) is 0 Å². The third-order valence-corrected chi connectivity index (χ3v) is 2.92. The van der Waals surface area contributed by atoms with Crippen LogP contribution in [-0.2, 0) is 5.33 Å². The van der Waals surface area contributed by atoms with Crippen molar-refractivity contribution in [2.75, 3.05) is 0 Å². The summed E-state index contributed by atoms with van der Waals surface area (Å²) in [4.78, 5) is 4.19. The van der Waals surface area contributed by atoms with Gasteiger partial charge < -0.3 is 4.52 Å². The number of hydrogen-bond acceptors (Lipinski definition) is 3. The number of benzene rings is 1. The van der Waals surface area contributed by atoms with Crippen molar-refractivity contribution in [2.45, 2.75) is 12.3 Å². The fourth-order valence-electron chi connectivity index (χ4n) is 1.15. The number of rotatable bonds is 2. The summed E-state index contributed by atoms with van der Waals surface area (Å²) in [5.74, 6) is 1.12. The van der Waals surface area contributed by atoms with E-state index in [4.69, 9.17) is 16.1 Å². The first-order valence-electron chi connectivity index (χ1n) is 4.36. The van der Waals surface area contributed by atoms with Gasteiger partial charge in [-0.3, -0.25) is 0 Å². The van der Waals surface area contributed by atoms with Gasteiger partial charge in [-0.15, -0.1) is 0 Å². The van der Waals surface area contributed by atoms with Gasteiger partial charge in [0, 0.05) is 10.6 Å². The Labute approximate surface area is 101 Å². The molecule has 78 valence electrons. The van der Waals surface area contributed by atoms with Gasteiger partial charge >= 0.3 is 0 Å². The van der Waals surface area contributed by atoms with Crippen LogP contribution in [0.5, 0.6) is 0 Å². The number of halogens is 2. The molecule has 0 N–H and O–H groups in total. The summed E-state index contributed by atoms with van der Waals surface area (Å²) in [5, 5.41) is 5.07. The molecule has 2 aromatic rings. The van der Waals surface area contributed by atoms with Gasteiger partial charge in [0.25, 0.3) is 5.89 Å². The maximum atomic E-state index is 6.01. The van der Waals surface area contributed by atoms with E-state index >= 15 is 0 Å². The molecule has 15 heavy (non-hydrogen) atoms. The first-order chi connectivity index (χ1) is 7.20. The summed E-state index contributed by atoms with van der Waals surface area (Å²) < 4.78 is 5.09. The van der Waals surface area contributed by atoms with E-state index in [9.17, 15) is 0 Å². The van der Waals surface area contributed by atoms with Crippen molar-refractivity contribution in [3.8, 4) is 11.5 Å². The van der Waals surface area contributed by atoms with Gasteiger partial charge in [0.05, 0.1) is 5.33 Å². The molecule has 0 saturated carbocycles. The largest absolute Gasteiger partial charge is 0.334 e. The van der Waals surface area contributed by atoms with Crippen molar-refractivity contribution in [2.24, 2.45) is 0 Å². The van der Waals surface area contributed by atoms with Gasteiger partial charge in [-0.05, 0) is 24.6 Å². The molecule has 0 aliphatic rings. The fraction of sp³-hybridized carbons (Fsp3) is 0.200. The Kier molecular flexibility index (Phi) is 3.07. The molecule has 5 heteroatoms. The lowest BCUT2D eigenvalue weighted by molar-refractivity contribution is 0.425. The highest BCUT2D eigenvalue weighted by Crippen LogP contribution is 2.24. The molecular formula is C10H8BrClN2O. The van der Waals surface area contributed by atoms with Crippen LogP contribution in [0.25, 0.3) is 11.5 Å². The molecule has 1 aromatic heterocycles. The van der Waals surface area contributed by atoms with E-state index < -0.39 is 0 Å². The molecule has 3 nitrogen and oxygen atoms in total. The summed E-state index contributed by atoms with van der Waals surface area (Å²) in [7, 11) is 0. The predicted octanol–water partition coefficient (Wildman–Crippen LogP) is 3.59. The minimum atomic E-state index is 0.492. The topological polar surface area (TPSA) is 38.9 Å². The van der Waals surface area contributed by atoms with Crippen LogP contribution in [0.4, 0.5) is 0 Å². The van der Waals surface area contributed by atoms with Gasteiger partial charge in [0.1, 0.15) is 0 Å². The fourth-order valence-corrected chi connectivity index (χ4v) is 1.56. The Morgan fingerprint density at radius 3 is 2.87 bits per heavy atom. The highest BCUT2D eigenvalue weighted by atomic mass is 79.9. The molecule has 1 aromatic carbocycles. The van der Waals surface area contributed by atoms with Crippen molar-refractivity contribution in [1.82, 2.24) is 10.1 Å². The summed E-state index contributed by atoms with van der Waals surface area (Å²) in [6.45, 7) is 1.95. The SMILES string of the molecule is Cc1ccc(-c2nc(CBr)no2)cc1Cl. The van der Waals surface area contributed by atoms with E-state index in [1.807, 2.05) is 25.1 Å². The van der Waals surface area contributed by atoms with Gasteiger partial charge in [-0.2, -0.15) is 4.98 Å². The highest BCUT2D eigenvalue weighted by molar-refractivity contribution is 9.08. The van der Waals surface area contributed by atoms with Crippen molar-refractivity contribution in [1.29, 1.82) is 0 Å². The smallest absolute Gasteiger partial charge is 0.258 e. The minimum Gasteiger partial charge on any atom is -0.334 e. The van der Waals surface area contributed by atoms with Crippen LogP contribution in [-0.4, -0.2) is 10.1 Å². The van der Waals surface area contributed by atoms with E-state index in [0.29, 0.717) is 22.1 Å². The summed E-state index contributed by atoms with van der Waals surface area (Å²) in [5.41, 5.74) is 1.87. The molecular weight excluding hydrogens is 279 g/mol. The third kappa shape index (κ3) is 2.21. The molecule has 0 spiro atoms. The Morgan fingerprint density at radius 2 is 2.27 bits per heavy atom. The highest BCUT2D eigenvalue weighted by Gasteiger charge is 2.08. The molecule has 0 saturated heterocycles. The molecule has 0 fully saturated rings. The Balaban J connectivity index is 2.40. The van der Waals surface area contributed by atoms with Gasteiger partial charge in [0.2, 0.25) is 0 Å². The van der Waals surface area contributed by atoms with Crippen molar-refractivity contribution in [3.05, 3.63) is 34.6 Å². The molecule has 0 atom stereocenters. The zero-order valence-electron chi connectivity index (χ0n) is 8.00.